The molecule has 0 unspecified atom stereocenters. The summed E-state index contributed by atoms with van der Waals surface area (Å²) in [5.74, 6) is -0.217. The van der Waals surface area contributed by atoms with Gasteiger partial charge in [-0.05, 0) is 24.6 Å². The Kier molecular flexibility index (Phi) is 4.54. The minimum Gasteiger partial charge on any atom is -0.368 e. The van der Waals surface area contributed by atoms with Crippen molar-refractivity contribution in [3.63, 3.8) is 0 Å². The highest BCUT2D eigenvalue weighted by Gasteiger charge is 2.08. The number of rotatable bonds is 4. The number of hydrogen-bond acceptors (Lipinski definition) is 5. The minimum atomic E-state index is -0.576. The van der Waals surface area contributed by atoms with Gasteiger partial charge in [-0.25, -0.2) is 0 Å². The summed E-state index contributed by atoms with van der Waals surface area (Å²) in [7, 11) is 0. The zero-order valence-corrected chi connectivity index (χ0v) is 11.0. The first-order valence-corrected chi connectivity index (χ1v) is 6.37. The number of benzene rings is 1. The third-order valence-electron chi connectivity index (χ3n) is 2.71. The van der Waals surface area contributed by atoms with E-state index >= 15 is 0 Å². The fraction of sp³-hybridized carbons (Fsp3) is 0.308. The Balaban J connectivity index is 2.01. The minimum absolute atomic E-state index is 0.176. The van der Waals surface area contributed by atoms with Crippen molar-refractivity contribution >= 4 is 23.5 Å². The van der Waals surface area contributed by atoms with E-state index in [1.54, 1.807) is 18.2 Å². The molecular weight excluding hydrogens is 258 g/mol. The summed E-state index contributed by atoms with van der Waals surface area (Å²) in [4.78, 5) is 26.7. The SMILES string of the molecule is NC(=O)CNC(=O)c1cccc(NC2=NCCCN2)c1. The fourth-order valence-electron chi connectivity index (χ4n) is 1.76. The van der Waals surface area contributed by atoms with E-state index in [4.69, 9.17) is 5.73 Å². The van der Waals surface area contributed by atoms with Gasteiger partial charge in [0.15, 0.2) is 5.96 Å². The highest BCUT2D eigenvalue weighted by Crippen LogP contribution is 2.11. The number of guanidine groups is 1. The number of nitrogens with one attached hydrogen (secondary N) is 3. The van der Waals surface area contributed by atoms with Crippen molar-refractivity contribution in [2.75, 3.05) is 25.0 Å². The molecule has 7 nitrogen and oxygen atoms in total. The third-order valence-corrected chi connectivity index (χ3v) is 2.71. The molecule has 0 bridgehead atoms. The molecule has 2 amide bonds. The van der Waals surface area contributed by atoms with Crippen LogP contribution in [0.3, 0.4) is 0 Å². The predicted molar refractivity (Wildman–Crippen MR) is 76.5 cm³/mol. The molecule has 0 saturated heterocycles. The number of hydrogen-bond donors (Lipinski definition) is 4. The molecule has 0 fully saturated rings. The average molecular weight is 275 g/mol. The molecule has 1 aliphatic rings. The Morgan fingerprint density at radius 1 is 1.40 bits per heavy atom. The molecule has 0 spiro atoms. The van der Waals surface area contributed by atoms with Crippen LogP contribution in [-0.2, 0) is 4.79 Å². The number of amides is 2. The molecule has 5 N–H and O–H groups in total. The maximum absolute atomic E-state index is 11.8. The number of nitrogens with zero attached hydrogens (tertiary/aromatic N) is 1. The normalized spacial score (nSPS) is 13.9. The topological polar surface area (TPSA) is 109 Å². The van der Waals surface area contributed by atoms with Crippen molar-refractivity contribution < 1.29 is 9.59 Å². The number of primary amides is 1. The molecule has 1 aromatic rings. The molecular formula is C13H17N5O2. The lowest BCUT2D eigenvalue weighted by Crippen LogP contribution is -2.35. The predicted octanol–water partition coefficient (Wildman–Crippen LogP) is -0.337. The highest BCUT2D eigenvalue weighted by molar-refractivity contribution is 5.99. The van der Waals surface area contributed by atoms with Gasteiger partial charge in [-0.3, -0.25) is 14.6 Å². The molecule has 0 atom stereocenters. The standard InChI is InChI=1S/C13H17N5O2/c14-11(19)8-17-12(20)9-3-1-4-10(7-9)18-13-15-5-2-6-16-13/h1,3-4,7H,2,5-6,8H2,(H2,14,19)(H,17,20)(H2,15,16,18). The molecule has 2 rings (SSSR count). The quantitative estimate of drug-likeness (QED) is 0.603. The largest absolute Gasteiger partial charge is 0.368 e. The van der Waals surface area contributed by atoms with E-state index in [9.17, 15) is 9.59 Å². The summed E-state index contributed by atoms with van der Waals surface area (Å²) >= 11 is 0. The van der Waals surface area contributed by atoms with Gasteiger partial charge in [0.25, 0.3) is 5.91 Å². The maximum Gasteiger partial charge on any atom is 0.251 e. The lowest BCUT2D eigenvalue weighted by Gasteiger charge is -2.16. The third kappa shape index (κ3) is 3.98. The first-order chi connectivity index (χ1) is 9.65. The second-order valence-corrected chi connectivity index (χ2v) is 4.37. The fourth-order valence-corrected chi connectivity index (χ4v) is 1.76. The molecule has 1 aliphatic heterocycles. The zero-order valence-electron chi connectivity index (χ0n) is 11.0. The van der Waals surface area contributed by atoms with Gasteiger partial charge >= 0.3 is 0 Å². The van der Waals surface area contributed by atoms with Crippen LogP contribution in [0.1, 0.15) is 16.8 Å². The van der Waals surface area contributed by atoms with Gasteiger partial charge in [-0.1, -0.05) is 6.07 Å². The van der Waals surface area contributed by atoms with Crippen molar-refractivity contribution in [1.82, 2.24) is 10.6 Å². The molecule has 0 radical (unpaired) electrons. The van der Waals surface area contributed by atoms with Crippen LogP contribution in [0.2, 0.25) is 0 Å². The first kappa shape index (κ1) is 13.9. The lowest BCUT2D eigenvalue weighted by atomic mass is 10.2. The summed E-state index contributed by atoms with van der Waals surface area (Å²) in [6.07, 6.45) is 1.01. The zero-order chi connectivity index (χ0) is 14.4. The first-order valence-electron chi connectivity index (χ1n) is 6.37. The van der Waals surface area contributed by atoms with Crippen LogP contribution in [-0.4, -0.2) is 37.4 Å². The molecule has 7 heteroatoms. The Labute approximate surface area is 116 Å². The Morgan fingerprint density at radius 2 is 2.25 bits per heavy atom. The molecule has 20 heavy (non-hydrogen) atoms. The molecule has 0 aliphatic carbocycles. The second kappa shape index (κ2) is 6.55. The van der Waals surface area contributed by atoms with Crippen LogP contribution in [0.4, 0.5) is 5.69 Å². The van der Waals surface area contributed by atoms with Crippen LogP contribution in [0.5, 0.6) is 0 Å². The number of carbonyl (C=O) groups excluding carboxylic acids is 2. The van der Waals surface area contributed by atoms with Crippen LogP contribution in [0.15, 0.2) is 29.3 Å². The van der Waals surface area contributed by atoms with E-state index in [1.165, 1.54) is 0 Å². The molecule has 0 saturated carbocycles. The summed E-state index contributed by atoms with van der Waals surface area (Å²) < 4.78 is 0. The average Bonchev–Trinajstić information content (AvgIpc) is 2.46. The van der Waals surface area contributed by atoms with Crippen molar-refractivity contribution in [2.45, 2.75) is 6.42 Å². The van der Waals surface area contributed by atoms with Gasteiger partial charge in [0.1, 0.15) is 0 Å². The van der Waals surface area contributed by atoms with Crippen molar-refractivity contribution in [1.29, 1.82) is 0 Å². The van der Waals surface area contributed by atoms with Gasteiger partial charge < -0.3 is 21.7 Å². The van der Waals surface area contributed by atoms with Crippen LogP contribution < -0.4 is 21.7 Å². The van der Waals surface area contributed by atoms with Crippen molar-refractivity contribution in [2.24, 2.45) is 10.7 Å². The number of aliphatic imine (C=N–C) groups is 1. The van der Waals surface area contributed by atoms with E-state index in [0.29, 0.717) is 11.5 Å². The molecule has 0 aromatic heterocycles. The van der Waals surface area contributed by atoms with Crippen LogP contribution >= 0.6 is 0 Å². The summed E-state index contributed by atoms with van der Waals surface area (Å²) in [6, 6.07) is 6.95. The van der Waals surface area contributed by atoms with E-state index in [-0.39, 0.29) is 12.5 Å². The summed E-state index contributed by atoms with van der Waals surface area (Å²) in [6.45, 7) is 1.49. The Bertz CT molecular complexity index is 541. The molecule has 1 aromatic carbocycles. The van der Waals surface area contributed by atoms with Crippen molar-refractivity contribution in [3.8, 4) is 0 Å². The van der Waals surface area contributed by atoms with Gasteiger partial charge in [0.2, 0.25) is 5.91 Å². The molecule has 106 valence electrons. The highest BCUT2D eigenvalue weighted by atomic mass is 16.2. The Morgan fingerprint density at radius 3 is 2.95 bits per heavy atom. The number of anilines is 1. The van der Waals surface area contributed by atoms with Gasteiger partial charge in [0, 0.05) is 24.3 Å². The van der Waals surface area contributed by atoms with E-state index in [1.807, 2.05) is 6.07 Å². The van der Waals surface area contributed by atoms with E-state index < -0.39 is 5.91 Å². The maximum atomic E-state index is 11.8. The smallest absolute Gasteiger partial charge is 0.251 e. The summed E-state index contributed by atoms with van der Waals surface area (Å²) in [5.41, 5.74) is 6.19. The summed E-state index contributed by atoms with van der Waals surface area (Å²) in [5, 5.41) is 8.68. The van der Waals surface area contributed by atoms with Crippen molar-refractivity contribution in [3.05, 3.63) is 29.8 Å². The van der Waals surface area contributed by atoms with Gasteiger partial charge in [-0.15, -0.1) is 0 Å². The van der Waals surface area contributed by atoms with Crippen LogP contribution in [0.25, 0.3) is 0 Å². The van der Waals surface area contributed by atoms with E-state index in [0.717, 1.165) is 25.2 Å². The lowest BCUT2D eigenvalue weighted by molar-refractivity contribution is -0.117. The second-order valence-electron chi connectivity index (χ2n) is 4.37. The molecule has 1 heterocycles. The van der Waals surface area contributed by atoms with Crippen LogP contribution in [0, 0.1) is 0 Å². The van der Waals surface area contributed by atoms with Gasteiger partial charge in [0.05, 0.1) is 6.54 Å². The van der Waals surface area contributed by atoms with Gasteiger partial charge in [-0.2, -0.15) is 0 Å². The Hall–Kier alpha value is -2.57. The number of carbonyl (C=O) groups is 2. The monoisotopic (exact) mass is 275 g/mol. The number of nitrogens with two attached hydrogens (primary N) is 1. The van der Waals surface area contributed by atoms with E-state index in [2.05, 4.69) is 20.9 Å².